The van der Waals surface area contributed by atoms with E-state index in [0.717, 1.165) is 63.7 Å². The summed E-state index contributed by atoms with van der Waals surface area (Å²) < 4.78 is 88.8. The van der Waals surface area contributed by atoms with E-state index in [9.17, 15) is 26.0 Å². The van der Waals surface area contributed by atoms with E-state index in [1.807, 2.05) is 6.07 Å². The van der Waals surface area contributed by atoms with Crippen molar-refractivity contribution in [2.75, 3.05) is 50.3 Å². The molecule has 3 aliphatic rings. The second-order valence-corrected chi connectivity index (χ2v) is 14.3. The zero-order valence-electron chi connectivity index (χ0n) is 25.9. The van der Waals surface area contributed by atoms with Crippen molar-refractivity contribution in [3.63, 3.8) is 0 Å². The molecule has 2 saturated heterocycles. The summed E-state index contributed by atoms with van der Waals surface area (Å²) in [4.78, 5) is 2.37. The van der Waals surface area contributed by atoms with Crippen LogP contribution >= 0.6 is 0 Å². The maximum Gasteiger partial charge on any atom is 0.406 e. The maximum atomic E-state index is 13.7. The number of piperidine rings is 1. The number of primary sulfonamides is 1. The van der Waals surface area contributed by atoms with Gasteiger partial charge in [-0.1, -0.05) is 12.0 Å². The second kappa shape index (κ2) is 13.5. The average Bonchev–Trinajstić information content (AvgIpc) is 3.35. The highest BCUT2D eigenvalue weighted by Crippen LogP contribution is 2.40. The number of ether oxygens (including phenoxy) is 2. The third kappa shape index (κ3) is 7.80. The normalized spacial score (nSPS) is 21.6. The molecule has 3 fully saturated rings. The zero-order chi connectivity index (χ0) is 33.2. The van der Waals surface area contributed by atoms with Gasteiger partial charge in [-0.25, -0.2) is 17.9 Å². The number of sulfonamides is 1. The second-order valence-electron chi connectivity index (χ2n) is 12.8. The molecular weight excluding hydrogens is 638 g/mol. The molecule has 2 aromatic carbocycles. The van der Waals surface area contributed by atoms with Crippen LogP contribution in [0.5, 0.6) is 5.75 Å². The molecule has 1 spiro atoms. The van der Waals surface area contributed by atoms with Gasteiger partial charge in [0.15, 0.2) is 0 Å². The summed E-state index contributed by atoms with van der Waals surface area (Å²) in [5, 5.41) is 12.3. The van der Waals surface area contributed by atoms with Crippen LogP contribution in [0.3, 0.4) is 0 Å². The fourth-order valence-corrected chi connectivity index (χ4v) is 7.52. The van der Waals surface area contributed by atoms with Crippen LogP contribution in [0.15, 0.2) is 47.4 Å². The van der Waals surface area contributed by atoms with Crippen molar-refractivity contribution >= 4 is 32.3 Å². The fourth-order valence-electron chi connectivity index (χ4n) is 6.99. The highest BCUT2D eigenvalue weighted by Gasteiger charge is 2.42. The first kappa shape index (κ1) is 33.4. The number of anilines is 2. The van der Waals surface area contributed by atoms with Crippen LogP contribution < -0.4 is 20.5 Å². The largest absolute Gasteiger partial charge is 0.461 e. The summed E-state index contributed by atoms with van der Waals surface area (Å²) in [6.07, 6.45) is 2.07. The Kier molecular flexibility index (Phi) is 9.62. The monoisotopic (exact) mass is 677 g/mol. The number of nitrogens with one attached hydrogen (secondary N) is 2. The van der Waals surface area contributed by atoms with Crippen molar-refractivity contribution in [1.82, 2.24) is 9.47 Å². The zero-order valence-corrected chi connectivity index (χ0v) is 26.7. The van der Waals surface area contributed by atoms with E-state index in [1.54, 1.807) is 18.2 Å². The van der Waals surface area contributed by atoms with Crippen molar-refractivity contribution < 1.29 is 35.5 Å². The Bertz CT molecular complexity index is 1750. The Labute approximate surface area is 271 Å². The SMILES string of the molecule is NS(=O)(=O)c1ccc(NCC#Cc2cc3c(N[C@H]4CC[C@H](N5CCC6(CC5)COC6)CC4)cccc3n2CC(F)(F)F)c(OCF)c1. The lowest BCUT2D eigenvalue weighted by Gasteiger charge is -2.49. The molecule has 3 heterocycles. The maximum absolute atomic E-state index is 13.7. The lowest BCUT2D eigenvalue weighted by molar-refractivity contribution is -0.143. The van der Waals surface area contributed by atoms with E-state index in [-0.39, 0.29) is 34.6 Å². The van der Waals surface area contributed by atoms with Crippen LogP contribution in [0.2, 0.25) is 0 Å². The molecule has 3 aromatic rings. The molecule has 0 radical (unpaired) electrons. The third-order valence-electron chi connectivity index (χ3n) is 9.61. The number of halogens is 4. The Morgan fingerprint density at radius 1 is 1.04 bits per heavy atom. The molecule has 254 valence electrons. The van der Waals surface area contributed by atoms with Gasteiger partial charge in [0.25, 0.3) is 0 Å². The Morgan fingerprint density at radius 3 is 2.43 bits per heavy atom. The van der Waals surface area contributed by atoms with Gasteiger partial charge in [0.2, 0.25) is 16.9 Å². The van der Waals surface area contributed by atoms with E-state index >= 15 is 0 Å². The Morgan fingerprint density at radius 2 is 1.79 bits per heavy atom. The van der Waals surface area contributed by atoms with Gasteiger partial charge in [0, 0.05) is 34.6 Å². The minimum absolute atomic E-state index is 0.0367. The molecule has 4 N–H and O–H groups in total. The molecule has 1 saturated carbocycles. The molecule has 14 heteroatoms. The molecule has 0 amide bonds. The van der Waals surface area contributed by atoms with Gasteiger partial charge in [0.05, 0.1) is 41.6 Å². The van der Waals surface area contributed by atoms with Gasteiger partial charge in [-0.15, -0.1) is 0 Å². The molecule has 0 bridgehead atoms. The molecule has 9 nitrogen and oxygen atoms in total. The smallest absolute Gasteiger partial charge is 0.406 e. The van der Waals surface area contributed by atoms with E-state index in [2.05, 4.69) is 27.4 Å². The summed E-state index contributed by atoms with van der Waals surface area (Å²) in [6.45, 7) is 1.59. The predicted molar refractivity (Wildman–Crippen MR) is 172 cm³/mol. The average molecular weight is 678 g/mol. The van der Waals surface area contributed by atoms with Crippen LogP contribution in [0, 0.1) is 17.3 Å². The van der Waals surface area contributed by atoms with Gasteiger partial charge in [-0.2, -0.15) is 13.2 Å². The van der Waals surface area contributed by atoms with Crippen molar-refractivity contribution in [3.8, 4) is 17.6 Å². The molecule has 1 aromatic heterocycles. The van der Waals surface area contributed by atoms with Crippen molar-refractivity contribution in [3.05, 3.63) is 48.2 Å². The van der Waals surface area contributed by atoms with Gasteiger partial charge in [0.1, 0.15) is 12.3 Å². The predicted octanol–water partition coefficient (Wildman–Crippen LogP) is 5.46. The molecule has 2 aliphatic heterocycles. The van der Waals surface area contributed by atoms with Crippen LogP contribution in [-0.4, -0.2) is 75.9 Å². The number of hydrogen-bond donors (Lipinski definition) is 3. The van der Waals surface area contributed by atoms with Crippen LogP contribution in [0.1, 0.15) is 44.2 Å². The first-order valence-electron chi connectivity index (χ1n) is 15.8. The summed E-state index contributed by atoms with van der Waals surface area (Å²) in [7, 11) is -4.04. The number of nitrogens with two attached hydrogens (primary N) is 1. The van der Waals surface area contributed by atoms with Gasteiger partial charge in [-0.05, 0) is 87.9 Å². The van der Waals surface area contributed by atoms with E-state index in [1.165, 1.54) is 29.5 Å². The topological polar surface area (TPSA) is 111 Å². The highest BCUT2D eigenvalue weighted by molar-refractivity contribution is 7.89. The number of nitrogens with zero attached hydrogens (tertiary/aromatic N) is 2. The van der Waals surface area contributed by atoms with Crippen molar-refractivity contribution in [2.24, 2.45) is 10.6 Å². The first-order valence-corrected chi connectivity index (χ1v) is 17.3. The molecule has 6 rings (SSSR count). The first-order chi connectivity index (χ1) is 22.4. The Hall–Kier alpha value is -3.51. The van der Waals surface area contributed by atoms with Crippen LogP contribution in [0.4, 0.5) is 28.9 Å². The summed E-state index contributed by atoms with van der Waals surface area (Å²) in [5.74, 6) is 5.58. The van der Waals surface area contributed by atoms with Gasteiger partial charge < -0.3 is 29.6 Å². The molecule has 0 atom stereocenters. The Balaban J connectivity index is 1.15. The lowest BCUT2D eigenvalue weighted by atomic mass is 9.76. The quantitative estimate of drug-likeness (QED) is 0.204. The third-order valence-corrected chi connectivity index (χ3v) is 10.5. The molecule has 1 aliphatic carbocycles. The number of rotatable bonds is 9. The van der Waals surface area contributed by atoms with Gasteiger partial charge in [-0.3, -0.25) is 0 Å². The lowest BCUT2D eigenvalue weighted by Crippen LogP contribution is -2.53. The standard InChI is InChI=1S/C33H39F4N5O4S/c34-22-46-31-18-26(47(38,43)44)10-11-29(31)39-14-2-3-25-17-27-28(4-1-5-30(27)42(25)19-33(35,36)37)40-23-6-8-24(9-7-23)41-15-12-32(13-16-41)20-45-21-32/h1,4-5,10-11,17-18,23-24,39-40H,6-9,12-16,19-22H2,(H2,38,43,44)/t23-,24-. The van der Waals surface area contributed by atoms with Gasteiger partial charge >= 0.3 is 6.18 Å². The number of aromatic nitrogens is 1. The number of benzene rings is 2. The summed E-state index contributed by atoms with van der Waals surface area (Å²) in [6, 6.07) is 11.4. The van der Waals surface area contributed by atoms with E-state index in [4.69, 9.17) is 14.6 Å². The van der Waals surface area contributed by atoms with E-state index in [0.29, 0.717) is 22.4 Å². The molecule has 0 unspecified atom stereocenters. The highest BCUT2D eigenvalue weighted by atomic mass is 32.2. The van der Waals surface area contributed by atoms with Crippen LogP contribution in [0.25, 0.3) is 10.9 Å². The summed E-state index contributed by atoms with van der Waals surface area (Å²) in [5.41, 5.74) is 2.06. The fraction of sp³-hybridized carbons (Fsp3) is 0.515. The number of likely N-dealkylation sites (tertiary alicyclic amines) is 1. The van der Waals surface area contributed by atoms with Crippen molar-refractivity contribution in [2.45, 2.75) is 68.2 Å². The minimum Gasteiger partial charge on any atom is -0.461 e. The van der Waals surface area contributed by atoms with E-state index < -0.39 is 29.6 Å². The number of hydrogen-bond acceptors (Lipinski definition) is 7. The van der Waals surface area contributed by atoms with Crippen molar-refractivity contribution in [1.29, 1.82) is 0 Å². The summed E-state index contributed by atoms with van der Waals surface area (Å²) >= 11 is 0. The number of fused-ring (bicyclic) bond motifs is 1. The number of alkyl halides is 4. The minimum atomic E-state index is -4.47. The molecule has 47 heavy (non-hydrogen) atoms. The van der Waals surface area contributed by atoms with Crippen LogP contribution in [-0.2, 0) is 21.3 Å². The molecular formula is C33H39F4N5O4S.